The van der Waals surface area contributed by atoms with Crippen LogP contribution in [0.25, 0.3) is 11.1 Å². The fourth-order valence-corrected chi connectivity index (χ4v) is 2.18. The van der Waals surface area contributed by atoms with Gasteiger partial charge in [-0.1, -0.05) is 42.5 Å². The molecule has 0 saturated heterocycles. The first-order valence-electron chi connectivity index (χ1n) is 6.61. The molecule has 0 unspecified atom stereocenters. The summed E-state index contributed by atoms with van der Waals surface area (Å²) in [4.78, 5) is 11.3. The summed E-state index contributed by atoms with van der Waals surface area (Å²) in [5.41, 5.74) is 10.8. The van der Waals surface area contributed by atoms with E-state index in [0.29, 0.717) is 12.2 Å². The van der Waals surface area contributed by atoms with Gasteiger partial charge in [0.25, 0.3) is 0 Å². The van der Waals surface area contributed by atoms with Crippen molar-refractivity contribution in [3.05, 3.63) is 53.6 Å². The minimum Gasteiger partial charge on any atom is -0.398 e. The zero-order chi connectivity index (χ0) is 14.5. The molecule has 104 valence electrons. The molecule has 0 aromatic heterocycles. The number of anilines is 1. The van der Waals surface area contributed by atoms with E-state index in [2.05, 4.69) is 0 Å². The van der Waals surface area contributed by atoms with Gasteiger partial charge < -0.3 is 10.5 Å². The van der Waals surface area contributed by atoms with E-state index in [9.17, 15) is 4.79 Å². The van der Waals surface area contributed by atoms with Gasteiger partial charge >= 0.3 is 0 Å². The highest BCUT2D eigenvalue weighted by molar-refractivity contribution is 5.94. The maximum Gasteiger partial charge on any atom is 0.159 e. The molecular formula is C17H19NO2. The number of hydrogen-bond acceptors (Lipinski definition) is 3. The van der Waals surface area contributed by atoms with Crippen LogP contribution in [0.15, 0.2) is 42.5 Å². The van der Waals surface area contributed by atoms with Crippen LogP contribution >= 0.6 is 0 Å². The average Bonchev–Trinajstić information content (AvgIpc) is 2.46. The molecule has 20 heavy (non-hydrogen) atoms. The summed E-state index contributed by atoms with van der Waals surface area (Å²) < 4.78 is 5.10. The van der Waals surface area contributed by atoms with E-state index in [-0.39, 0.29) is 5.78 Å². The Bertz CT molecular complexity index is 603. The molecule has 0 spiro atoms. The Morgan fingerprint density at radius 1 is 1.15 bits per heavy atom. The topological polar surface area (TPSA) is 52.3 Å². The van der Waals surface area contributed by atoms with Crippen LogP contribution in [0.2, 0.25) is 0 Å². The molecule has 0 radical (unpaired) electrons. The van der Waals surface area contributed by atoms with Crippen LogP contribution in [0.3, 0.4) is 0 Å². The third kappa shape index (κ3) is 3.06. The number of methoxy groups -OCH3 is 1. The number of Topliss-reactive ketones (excluding diaryl/α,β-unsaturated/α-hetero) is 1. The summed E-state index contributed by atoms with van der Waals surface area (Å²) >= 11 is 0. The van der Waals surface area contributed by atoms with Crippen molar-refractivity contribution in [2.24, 2.45) is 0 Å². The van der Waals surface area contributed by atoms with Crippen LogP contribution in [0, 0.1) is 0 Å². The third-order valence-electron chi connectivity index (χ3n) is 3.37. The van der Waals surface area contributed by atoms with Crippen LogP contribution in [0.4, 0.5) is 5.69 Å². The molecule has 3 nitrogen and oxygen atoms in total. The van der Waals surface area contributed by atoms with Gasteiger partial charge in [0.2, 0.25) is 0 Å². The van der Waals surface area contributed by atoms with Crippen molar-refractivity contribution in [2.45, 2.75) is 13.3 Å². The number of ether oxygens (including phenoxy) is 1. The van der Waals surface area contributed by atoms with Gasteiger partial charge in [0.15, 0.2) is 5.78 Å². The highest BCUT2D eigenvalue weighted by atomic mass is 16.5. The highest BCUT2D eigenvalue weighted by Gasteiger charge is 2.07. The molecule has 0 amide bonds. The van der Waals surface area contributed by atoms with Crippen molar-refractivity contribution in [2.75, 3.05) is 19.5 Å². The minimum absolute atomic E-state index is 0.0679. The lowest BCUT2D eigenvalue weighted by molar-refractivity contribution is 0.101. The van der Waals surface area contributed by atoms with E-state index in [0.717, 1.165) is 28.8 Å². The van der Waals surface area contributed by atoms with Gasteiger partial charge in [0.05, 0.1) is 6.61 Å². The van der Waals surface area contributed by atoms with Gasteiger partial charge in [-0.15, -0.1) is 0 Å². The SMILES string of the molecule is COCCc1cccc(-c2ccc(C(C)=O)cc2)c1N. The largest absolute Gasteiger partial charge is 0.398 e. The Labute approximate surface area is 119 Å². The molecule has 0 fully saturated rings. The van der Waals surface area contributed by atoms with E-state index in [1.165, 1.54) is 0 Å². The van der Waals surface area contributed by atoms with E-state index >= 15 is 0 Å². The van der Waals surface area contributed by atoms with Crippen LogP contribution in [0.1, 0.15) is 22.8 Å². The Hall–Kier alpha value is -2.13. The molecule has 2 rings (SSSR count). The maximum absolute atomic E-state index is 11.3. The monoisotopic (exact) mass is 269 g/mol. The molecule has 0 heterocycles. The molecule has 0 atom stereocenters. The average molecular weight is 269 g/mol. The molecule has 2 aromatic rings. The number of carbonyl (C=O) groups is 1. The number of nitrogens with two attached hydrogens (primary N) is 1. The van der Waals surface area contributed by atoms with E-state index in [4.69, 9.17) is 10.5 Å². The van der Waals surface area contributed by atoms with Gasteiger partial charge in [0.1, 0.15) is 0 Å². The summed E-state index contributed by atoms with van der Waals surface area (Å²) in [5, 5.41) is 0. The zero-order valence-electron chi connectivity index (χ0n) is 11.8. The van der Waals surface area contributed by atoms with E-state index < -0.39 is 0 Å². The number of para-hydroxylation sites is 1. The number of rotatable bonds is 5. The number of ketones is 1. The Balaban J connectivity index is 2.34. The maximum atomic E-state index is 11.3. The highest BCUT2D eigenvalue weighted by Crippen LogP contribution is 2.29. The Morgan fingerprint density at radius 2 is 1.85 bits per heavy atom. The second kappa shape index (κ2) is 6.35. The molecule has 2 N–H and O–H groups in total. The van der Waals surface area contributed by atoms with Crippen molar-refractivity contribution in [3.63, 3.8) is 0 Å². The van der Waals surface area contributed by atoms with Crippen LogP contribution in [0.5, 0.6) is 0 Å². The van der Waals surface area contributed by atoms with Gasteiger partial charge in [-0.25, -0.2) is 0 Å². The summed E-state index contributed by atoms with van der Waals surface area (Å²) in [6, 6.07) is 13.5. The minimum atomic E-state index is 0.0679. The zero-order valence-corrected chi connectivity index (χ0v) is 11.8. The van der Waals surface area contributed by atoms with Crippen LogP contribution in [-0.2, 0) is 11.2 Å². The van der Waals surface area contributed by atoms with Gasteiger partial charge in [0, 0.05) is 23.9 Å². The first-order valence-corrected chi connectivity index (χ1v) is 6.61. The first-order chi connectivity index (χ1) is 9.63. The Morgan fingerprint density at radius 3 is 2.45 bits per heavy atom. The second-order valence-electron chi connectivity index (χ2n) is 4.75. The molecule has 0 bridgehead atoms. The van der Waals surface area contributed by atoms with Crippen molar-refractivity contribution in [1.82, 2.24) is 0 Å². The molecule has 0 aliphatic rings. The first kappa shape index (κ1) is 14.3. The predicted molar refractivity (Wildman–Crippen MR) is 81.9 cm³/mol. The number of benzene rings is 2. The molecule has 0 aliphatic heterocycles. The van der Waals surface area contributed by atoms with Crippen molar-refractivity contribution in [3.8, 4) is 11.1 Å². The van der Waals surface area contributed by atoms with Crippen LogP contribution < -0.4 is 5.73 Å². The predicted octanol–water partition coefficient (Wildman–Crippen LogP) is 3.33. The van der Waals surface area contributed by atoms with Gasteiger partial charge in [-0.3, -0.25) is 4.79 Å². The summed E-state index contributed by atoms with van der Waals surface area (Å²) in [6.07, 6.45) is 0.793. The third-order valence-corrected chi connectivity index (χ3v) is 3.37. The van der Waals surface area contributed by atoms with Gasteiger partial charge in [-0.05, 0) is 24.5 Å². The lowest BCUT2D eigenvalue weighted by atomic mass is 9.97. The standard InChI is InChI=1S/C17H19NO2/c1-12(19)13-6-8-14(9-7-13)16-5-3-4-15(17(16)18)10-11-20-2/h3-9H,10-11,18H2,1-2H3. The molecular weight excluding hydrogens is 250 g/mol. The normalized spacial score (nSPS) is 10.5. The number of hydrogen-bond donors (Lipinski definition) is 1. The Kier molecular flexibility index (Phi) is 4.53. The number of nitrogen functional groups attached to an aromatic ring is 1. The molecule has 0 aliphatic carbocycles. The fourth-order valence-electron chi connectivity index (χ4n) is 2.18. The molecule has 0 saturated carbocycles. The van der Waals surface area contributed by atoms with Crippen molar-refractivity contribution in [1.29, 1.82) is 0 Å². The van der Waals surface area contributed by atoms with E-state index in [1.54, 1.807) is 14.0 Å². The molecule has 3 heteroatoms. The number of carbonyl (C=O) groups excluding carboxylic acids is 1. The lowest BCUT2D eigenvalue weighted by Crippen LogP contribution is -2.01. The second-order valence-corrected chi connectivity index (χ2v) is 4.75. The van der Waals surface area contributed by atoms with Crippen molar-refractivity contribution >= 4 is 11.5 Å². The van der Waals surface area contributed by atoms with Crippen molar-refractivity contribution < 1.29 is 9.53 Å². The quantitative estimate of drug-likeness (QED) is 0.669. The summed E-state index contributed by atoms with van der Waals surface area (Å²) in [5.74, 6) is 0.0679. The summed E-state index contributed by atoms with van der Waals surface area (Å²) in [7, 11) is 1.68. The van der Waals surface area contributed by atoms with Gasteiger partial charge in [-0.2, -0.15) is 0 Å². The van der Waals surface area contributed by atoms with Crippen LogP contribution in [-0.4, -0.2) is 19.5 Å². The fraction of sp³-hybridized carbons (Fsp3) is 0.235. The molecule has 2 aromatic carbocycles. The smallest absolute Gasteiger partial charge is 0.159 e. The summed E-state index contributed by atoms with van der Waals surface area (Å²) in [6.45, 7) is 2.21. The van der Waals surface area contributed by atoms with E-state index in [1.807, 2.05) is 42.5 Å². The lowest BCUT2D eigenvalue weighted by Gasteiger charge is -2.11.